The van der Waals surface area contributed by atoms with Crippen LogP contribution in [0.15, 0.2) is 18.2 Å². The molecule has 1 fully saturated rings. The second kappa shape index (κ2) is 4.57. The first-order valence-corrected chi connectivity index (χ1v) is 5.72. The van der Waals surface area contributed by atoms with Gasteiger partial charge in [0, 0.05) is 18.7 Å². The predicted octanol–water partition coefficient (Wildman–Crippen LogP) is 1.93. The number of hydrogen-bond acceptors (Lipinski definition) is 2. The first kappa shape index (κ1) is 11.6. The Kier molecular flexibility index (Phi) is 3.13. The lowest BCUT2D eigenvalue weighted by Crippen LogP contribution is -2.27. The van der Waals surface area contributed by atoms with Crippen LogP contribution in [0.1, 0.15) is 39.1 Å². The molecule has 0 bridgehead atoms. The number of carboxylic acid groups (broad SMARTS) is 1. The topological polar surface area (TPSA) is 57.6 Å². The van der Waals surface area contributed by atoms with Crippen LogP contribution in [0.3, 0.4) is 0 Å². The molecule has 1 N–H and O–H groups in total. The zero-order valence-electron chi connectivity index (χ0n) is 9.77. The molecule has 0 aromatic heterocycles. The summed E-state index contributed by atoms with van der Waals surface area (Å²) >= 11 is 0. The number of rotatable bonds is 2. The molecule has 0 radical (unpaired) electrons. The van der Waals surface area contributed by atoms with Gasteiger partial charge in [-0.1, -0.05) is 0 Å². The lowest BCUT2D eigenvalue weighted by Gasteiger charge is -2.15. The largest absolute Gasteiger partial charge is 0.478 e. The van der Waals surface area contributed by atoms with Crippen LogP contribution in [0.2, 0.25) is 0 Å². The minimum absolute atomic E-state index is 0.0614. The van der Waals surface area contributed by atoms with E-state index in [0.29, 0.717) is 5.56 Å². The highest BCUT2D eigenvalue weighted by atomic mass is 16.4. The van der Waals surface area contributed by atoms with Gasteiger partial charge >= 0.3 is 5.97 Å². The van der Waals surface area contributed by atoms with Crippen LogP contribution in [0.5, 0.6) is 0 Å². The predicted molar refractivity (Wildman–Crippen MR) is 63.3 cm³/mol. The molecule has 0 unspecified atom stereocenters. The number of benzene rings is 1. The number of carbonyl (C=O) groups excluding carboxylic acids is 1. The van der Waals surface area contributed by atoms with E-state index in [2.05, 4.69) is 0 Å². The average Bonchev–Trinajstić information content (AvgIpc) is 2.80. The third kappa shape index (κ3) is 2.46. The standard InChI is InChI=1S/C13H15NO3/c1-9-6-10(8-11(7-9)13(16)17)12(15)14-4-2-3-5-14/h6-8H,2-5H2,1H3,(H,16,17). The fourth-order valence-corrected chi connectivity index (χ4v) is 2.13. The van der Waals surface area contributed by atoms with Crippen molar-refractivity contribution in [3.63, 3.8) is 0 Å². The zero-order chi connectivity index (χ0) is 12.4. The fourth-order valence-electron chi connectivity index (χ4n) is 2.13. The Hall–Kier alpha value is -1.84. The minimum atomic E-state index is -0.996. The molecule has 1 aliphatic rings. The molecular formula is C13H15NO3. The molecule has 17 heavy (non-hydrogen) atoms. The third-order valence-electron chi connectivity index (χ3n) is 2.96. The summed E-state index contributed by atoms with van der Waals surface area (Å²) < 4.78 is 0. The Morgan fingerprint density at radius 2 is 1.71 bits per heavy atom. The van der Waals surface area contributed by atoms with Gasteiger partial charge < -0.3 is 10.0 Å². The zero-order valence-corrected chi connectivity index (χ0v) is 9.77. The van der Waals surface area contributed by atoms with Crippen LogP contribution in [-0.2, 0) is 0 Å². The van der Waals surface area contributed by atoms with Crippen molar-refractivity contribution >= 4 is 11.9 Å². The number of carboxylic acids is 1. The Morgan fingerprint density at radius 3 is 2.29 bits per heavy atom. The maximum absolute atomic E-state index is 12.1. The van der Waals surface area contributed by atoms with Crippen LogP contribution < -0.4 is 0 Å². The van der Waals surface area contributed by atoms with Gasteiger partial charge in [-0.25, -0.2) is 4.79 Å². The van der Waals surface area contributed by atoms with Crippen LogP contribution in [0, 0.1) is 6.92 Å². The maximum Gasteiger partial charge on any atom is 0.335 e. The minimum Gasteiger partial charge on any atom is -0.478 e. The summed E-state index contributed by atoms with van der Waals surface area (Å²) in [5, 5.41) is 8.96. The Morgan fingerprint density at radius 1 is 1.12 bits per heavy atom. The molecule has 90 valence electrons. The summed E-state index contributed by atoms with van der Waals surface area (Å²) in [6, 6.07) is 4.77. The number of aromatic carboxylic acids is 1. The van der Waals surface area contributed by atoms with Crippen molar-refractivity contribution < 1.29 is 14.7 Å². The second-order valence-corrected chi connectivity index (χ2v) is 4.39. The lowest BCUT2D eigenvalue weighted by atomic mass is 10.1. The Bertz CT molecular complexity index is 462. The van der Waals surface area contributed by atoms with Gasteiger partial charge in [-0.05, 0) is 43.5 Å². The van der Waals surface area contributed by atoms with Crippen molar-refractivity contribution in [3.8, 4) is 0 Å². The smallest absolute Gasteiger partial charge is 0.335 e. The number of carbonyl (C=O) groups is 2. The number of aryl methyl sites for hydroxylation is 1. The summed E-state index contributed by atoms with van der Waals surface area (Å²) in [6.07, 6.45) is 2.06. The molecule has 0 spiro atoms. The maximum atomic E-state index is 12.1. The first-order chi connectivity index (χ1) is 8.08. The number of nitrogens with zero attached hydrogens (tertiary/aromatic N) is 1. The van der Waals surface area contributed by atoms with Crippen molar-refractivity contribution in [2.75, 3.05) is 13.1 Å². The van der Waals surface area contributed by atoms with Crippen molar-refractivity contribution in [3.05, 3.63) is 34.9 Å². The summed E-state index contributed by atoms with van der Waals surface area (Å²) in [5.74, 6) is -1.06. The van der Waals surface area contributed by atoms with Gasteiger partial charge in [-0.15, -0.1) is 0 Å². The summed E-state index contributed by atoms with van der Waals surface area (Å²) in [6.45, 7) is 3.34. The molecule has 4 nitrogen and oxygen atoms in total. The third-order valence-corrected chi connectivity index (χ3v) is 2.96. The van der Waals surface area contributed by atoms with Gasteiger partial charge in [-0.3, -0.25) is 4.79 Å². The van der Waals surface area contributed by atoms with E-state index in [1.807, 2.05) is 0 Å². The SMILES string of the molecule is Cc1cc(C(=O)O)cc(C(=O)N2CCCC2)c1. The van der Waals surface area contributed by atoms with Crippen LogP contribution in [-0.4, -0.2) is 35.0 Å². The highest BCUT2D eigenvalue weighted by molar-refractivity contribution is 5.97. The van der Waals surface area contributed by atoms with Gasteiger partial charge in [0.15, 0.2) is 0 Å². The van der Waals surface area contributed by atoms with E-state index in [4.69, 9.17) is 5.11 Å². The molecule has 0 atom stereocenters. The number of amides is 1. The van der Waals surface area contributed by atoms with E-state index in [9.17, 15) is 9.59 Å². The van der Waals surface area contributed by atoms with Gasteiger partial charge in [0.1, 0.15) is 0 Å². The van der Waals surface area contributed by atoms with E-state index >= 15 is 0 Å². The van der Waals surface area contributed by atoms with E-state index in [0.717, 1.165) is 31.5 Å². The van der Waals surface area contributed by atoms with E-state index in [-0.39, 0.29) is 11.5 Å². The molecule has 4 heteroatoms. The first-order valence-electron chi connectivity index (χ1n) is 5.72. The summed E-state index contributed by atoms with van der Waals surface area (Å²) in [5.41, 5.74) is 1.45. The van der Waals surface area contributed by atoms with Gasteiger partial charge in [-0.2, -0.15) is 0 Å². The highest BCUT2D eigenvalue weighted by Crippen LogP contribution is 2.16. The van der Waals surface area contributed by atoms with Crippen molar-refractivity contribution in [2.24, 2.45) is 0 Å². The second-order valence-electron chi connectivity index (χ2n) is 4.39. The molecule has 1 aromatic rings. The Balaban J connectivity index is 2.31. The molecule has 0 saturated carbocycles. The molecular weight excluding hydrogens is 218 g/mol. The summed E-state index contributed by atoms with van der Waals surface area (Å²) in [7, 11) is 0. The van der Waals surface area contributed by atoms with Crippen molar-refractivity contribution in [1.29, 1.82) is 0 Å². The molecule has 1 aromatic carbocycles. The van der Waals surface area contributed by atoms with E-state index < -0.39 is 5.97 Å². The number of hydrogen-bond donors (Lipinski definition) is 1. The van der Waals surface area contributed by atoms with E-state index in [1.54, 1.807) is 24.0 Å². The molecule has 2 rings (SSSR count). The molecule has 1 heterocycles. The van der Waals surface area contributed by atoms with Gasteiger partial charge in [0.05, 0.1) is 5.56 Å². The summed E-state index contributed by atoms with van der Waals surface area (Å²) in [4.78, 5) is 24.8. The fraction of sp³-hybridized carbons (Fsp3) is 0.385. The quantitative estimate of drug-likeness (QED) is 0.849. The monoisotopic (exact) mass is 233 g/mol. The molecule has 1 aliphatic heterocycles. The number of likely N-dealkylation sites (tertiary alicyclic amines) is 1. The average molecular weight is 233 g/mol. The van der Waals surface area contributed by atoms with E-state index in [1.165, 1.54) is 6.07 Å². The Labute approximate surface area is 99.9 Å². The normalized spacial score (nSPS) is 15.0. The lowest BCUT2D eigenvalue weighted by molar-refractivity contribution is 0.0696. The van der Waals surface area contributed by atoms with Crippen molar-refractivity contribution in [2.45, 2.75) is 19.8 Å². The molecule has 1 saturated heterocycles. The van der Waals surface area contributed by atoms with Crippen LogP contribution in [0.25, 0.3) is 0 Å². The van der Waals surface area contributed by atoms with Crippen molar-refractivity contribution in [1.82, 2.24) is 4.90 Å². The molecule has 1 amide bonds. The molecule has 0 aliphatic carbocycles. The highest BCUT2D eigenvalue weighted by Gasteiger charge is 2.20. The van der Waals surface area contributed by atoms with Gasteiger partial charge in [0.25, 0.3) is 5.91 Å². The van der Waals surface area contributed by atoms with Crippen LogP contribution in [0.4, 0.5) is 0 Å². The van der Waals surface area contributed by atoms with Gasteiger partial charge in [0.2, 0.25) is 0 Å². The van der Waals surface area contributed by atoms with Crippen LogP contribution >= 0.6 is 0 Å².